The van der Waals surface area contributed by atoms with E-state index in [1.165, 1.54) is 76.5 Å². The summed E-state index contributed by atoms with van der Waals surface area (Å²) in [5.74, 6) is 0. The summed E-state index contributed by atoms with van der Waals surface area (Å²) in [5, 5.41) is 10.5. The predicted molar refractivity (Wildman–Crippen MR) is 159 cm³/mol. The molecule has 0 heteroatoms. The average Bonchev–Trinajstić information content (AvgIpc) is 2.94. The van der Waals surface area contributed by atoms with Crippen LogP contribution >= 0.6 is 0 Å². The van der Waals surface area contributed by atoms with Gasteiger partial charge in [-0.3, -0.25) is 0 Å². The lowest BCUT2D eigenvalue weighted by atomic mass is 9.68. The van der Waals surface area contributed by atoms with Gasteiger partial charge in [-0.2, -0.15) is 0 Å². The molecule has 37 heavy (non-hydrogen) atoms. The molecular formula is C37H26. The molecule has 0 bridgehead atoms. The third-order valence-electron chi connectivity index (χ3n) is 8.60. The minimum Gasteiger partial charge on any atom is -0.0616 e. The van der Waals surface area contributed by atoms with E-state index in [9.17, 15) is 0 Å². The van der Waals surface area contributed by atoms with Crippen molar-refractivity contribution in [3.63, 3.8) is 0 Å². The molecule has 0 N–H and O–H groups in total. The number of rotatable bonds is 1. The molecule has 0 aromatic heterocycles. The Bertz CT molecular complexity index is 2050. The van der Waals surface area contributed by atoms with Crippen LogP contribution in [0.1, 0.15) is 25.0 Å². The fraction of sp³-hybridized carbons (Fsp3) is 0.0811. The van der Waals surface area contributed by atoms with E-state index in [1.807, 2.05) is 0 Å². The van der Waals surface area contributed by atoms with Gasteiger partial charge in [0, 0.05) is 5.41 Å². The fourth-order valence-electron chi connectivity index (χ4n) is 6.84. The van der Waals surface area contributed by atoms with Crippen LogP contribution < -0.4 is 0 Å². The first kappa shape index (κ1) is 20.7. The third kappa shape index (κ3) is 2.79. The second kappa shape index (κ2) is 7.31. The third-order valence-corrected chi connectivity index (χ3v) is 8.60. The predicted octanol–water partition coefficient (Wildman–Crippen LogP) is 10.3. The van der Waals surface area contributed by atoms with Crippen LogP contribution in [0.4, 0.5) is 0 Å². The summed E-state index contributed by atoms with van der Waals surface area (Å²) in [6.45, 7) is 4.74. The van der Waals surface area contributed by atoms with Gasteiger partial charge in [0.05, 0.1) is 0 Å². The Balaban J connectivity index is 1.53. The lowest BCUT2D eigenvalue weighted by Gasteiger charge is -2.35. The van der Waals surface area contributed by atoms with Crippen molar-refractivity contribution in [3.8, 4) is 22.3 Å². The molecule has 0 spiro atoms. The van der Waals surface area contributed by atoms with Gasteiger partial charge < -0.3 is 0 Å². The summed E-state index contributed by atoms with van der Waals surface area (Å²) < 4.78 is 0. The summed E-state index contributed by atoms with van der Waals surface area (Å²) in [4.78, 5) is 0. The Morgan fingerprint density at radius 1 is 0.432 bits per heavy atom. The van der Waals surface area contributed by atoms with Crippen molar-refractivity contribution in [1.29, 1.82) is 0 Å². The van der Waals surface area contributed by atoms with Crippen molar-refractivity contribution in [2.75, 3.05) is 0 Å². The Kier molecular flexibility index (Phi) is 4.10. The lowest BCUT2D eigenvalue weighted by molar-refractivity contribution is 0.645. The van der Waals surface area contributed by atoms with Crippen LogP contribution in [0, 0.1) is 0 Å². The number of benzene rings is 7. The van der Waals surface area contributed by atoms with Gasteiger partial charge in [-0.25, -0.2) is 0 Å². The highest BCUT2D eigenvalue weighted by Gasteiger charge is 2.33. The van der Waals surface area contributed by atoms with E-state index in [4.69, 9.17) is 0 Å². The van der Waals surface area contributed by atoms with E-state index < -0.39 is 0 Å². The highest BCUT2D eigenvalue weighted by Crippen LogP contribution is 2.50. The Morgan fingerprint density at radius 2 is 1.14 bits per heavy atom. The zero-order chi connectivity index (χ0) is 24.7. The van der Waals surface area contributed by atoms with E-state index in [1.54, 1.807) is 0 Å². The topological polar surface area (TPSA) is 0 Å². The maximum absolute atomic E-state index is 2.46. The summed E-state index contributed by atoms with van der Waals surface area (Å²) in [5.41, 5.74) is 8.07. The normalized spacial score (nSPS) is 13.9. The molecule has 0 heterocycles. The van der Waals surface area contributed by atoms with Gasteiger partial charge in [0.15, 0.2) is 0 Å². The van der Waals surface area contributed by atoms with Crippen LogP contribution in [0.3, 0.4) is 0 Å². The van der Waals surface area contributed by atoms with Gasteiger partial charge in [0.2, 0.25) is 0 Å². The van der Waals surface area contributed by atoms with Crippen LogP contribution in [-0.4, -0.2) is 0 Å². The molecule has 0 saturated carbocycles. The minimum atomic E-state index is -0.0603. The molecule has 0 amide bonds. The first-order chi connectivity index (χ1) is 18.1. The molecule has 7 aromatic carbocycles. The largest absolute Gasteiger partial charge is 0.0616 e. The molecule has 1 aliphatic rings. The summed E-state index contributed by atoms with van der Waals surface area (Å²) >= 11 is 0. The molecular weight excluding hydrogens is 444 g/mol. The van der Waals surface area contributed by atoms with Crippen LogP contribution in [0.25, 0.3) is 65.3 Å². The van der Waals surface area contributed by atoms with E-state index in [2.05, 4.69) is 135 Å². The highest BCUT2D eigenvalue weighted by molar-refractivity contribution is 6.22. The van der Waals surface area contributed by atoms with Crippen molar-refractivity contribution in [2.45, 2.75) is 19.3 Å². The smallest absolute Gasteiger partial charge is 0.0159 e. The Morgan fingerprint density at radius 3 is 2.00 bits per heavy atom. The van der Waals surface area contributed by atoms with Gasteiger partial charge in [-0.05, 0) is 88.6 Å². The molecule has 7 aromatic rings. The molecule has 1 aliphatic carbocycles. The van der Waals surface area contributed by atoms with Gasteiger partial charge in [-0.1, -0.05) is 123 Å². The summed E-state index contributed by atoms with van der Waals surface area (Å²) in [6.07, 6.45) is 0. The van der Waals surface area contributed by atoms with E-state index >= 15 is 0 Å². The summed E-state index contributed by atoms with van der Waals surface area (Å²) in [7, 11) is 0. The van der Waals surface area contributed by atoms with Crippen molar-refractivity contribution in [1.82, 2.24) is 0 Å². The fourth-order valence-corrected chi connectivity index (χ4v) is 6.84. The van der Waals surface area contributed by atoms with Crippen molar-refractivity contribution >= 4 is 43.1 Å². The standard InChI is InChI=1S/C37H26/c1-37(2)32-20-19-27(22-31(32)30-15-7-11-24-12-8-16-33(37)34(24)30)36-29-14-6-4-10-25(29)21-26-18-17-23-9-3-5-13-28(23)35(26)36/h3-22H,1-2H3. The SMILES string of the molecule is CC1(C)c2ccc(-c3c4ccccc4cc4ccc5ccccc5c34)cc2-c2cccc3cccc1c23. The Labute approximate surface area is 216 Å². The van der Waals surface area contributed by atoms with Gasteiger partial charge >= 0.3 is 0 Å². The number of hydrogen-bond donors (Lipinski definition) is 0. The lowest BCUT2D eigenvalue weighted by Crippen LogP contribution is -2.23. The van der Waals surface area contributed by atoms with E-state index in [-0.39, 0.29) is 5.41 Å². The molecule has 0 atom stereocenters. The number of hydrogen-bond acceptors (Lipinski definition) is 0. The molecule has 0 saturated heterocycles. The quantitative estimate of drug-likeness (QED) is 0.165. The van der Waals surface area contributed by atoms with E-state index in [0.29, 0.717) is 0 Å². The monoisotopic (exact) mass is 470 g/mol. The highest BCUT2D eigenvalue weighted by atomic mass is 14.4. The molecule has 0 fully saturated rings. The first-order valence-corrected chi connectivity index (χ1v) is 13.1. The molecule has 8 rings (SSSR count). The molecule has 0 nitrogen and oxygen atoms in total. The van der Waals surface area contributed by atoms with E-state index in [0.717, 1.165) is 0 Å². The maximum Gasteiger partial charge on any atom is 0.0159 e. The maximum atomic E-state index is 2.46. The van der Waals surface area contributed by atoms with Gasteiger partial charge in [0.1, 0.15) is 0 Å². The molecule has 0 unspecified atom stereocenters. The van der Waals surface area contributed by atoms with Crippen molar-refractivity contribution in [3.05, 3.63) is 132 Å². The second-order valence-electron chi connectivity index (χ2n) is 11.0. The van der Waals surface area contributed by atoms with Crippen molar-refractivity contribution in [2.24, 2.45) is 0 Å². The zero-order valence-corrected chi connectivity index (χ0v) is 21.0. The zero-order valence-electron chi connectivity index (χ0n) is 21.0. The van der Waals surface area contributed by atoms with Gasteiger partial charge in [-0.15, -0.1) is 0 Å². The summed E-state index contributed by atoms with van der Waals surface area (Å²) in [6, 6.07) is 45.2. The molecule has 0 aliphatic heterocycles. The van der Waals surface area contributed by atoms with Crippen LogP contribution in [0.15, 0.2) is 121 Å². The number of fused-ring (bicyclic) bond motifs is 6. The second-order valence-corrected chi connectivity index (χ2v) is 11.0. The minimum absolute atomic E-state index is 0.0603. The first-order valence-electron chi connectivity index (χ1n) is 13.1. The molecule has 0 radical (unpaired) electrons. The van der Waals surface area contributed by atoms with Crippen LogP contribution in [0.5, 0.6) is 0 Å². The van der Waals surface area contributed by atoms with Gasteiger partial charge in [0.25, 0.3) is 0 Å². The van der Waals surface area contributed by atoms with Crippen LogP contribution in [0.2, 0.25) is 0 Å². The molecule has 174 valence electrons. The average molecular weight is 471 g/mol. The Hall–Kier alpha value is -4.42. The van der Waals surface area contributed by atoms with Crippen molar-refractivity contribution < 1.29 is 0 Å². The van der Waals surface area contributed by atoms with Crippen LogP contribution in [-0.2, 0) is 5.41 Å².